The molecular weight excluding hydrogens is 306 g/mol. The minimum atomic E-state index is -0.368. The van der Waals surface area contributed by atoms with Crippen molar-refractivity contribution in [3.8, 4) is 5.75 Å². The normalized spacial score (nSPS) is 15.8. The zero-order valence-corrected chi connectivity index (χ0v) is 13.5. The number of anilines is 1. The average Bonchev–Trinajstić information content (AvgIpc) is 2.62. The van der Waals surface area contributed by atoms with Crippen LogP contribution in [-0.4, -0.2) is 25.1 Å². The van der Waals surface area contributed by atoms with Crippen LogP contribution in [0.1, 0.15) is 22.8 Å². The number of ether oxygens (including phenoxy) is 2. The minimum Gasteiger partial charge on any atom is -0.492 e. The SMILES string of the molecule is CCOC(=O)c1ccc(NC(=O)C2COc3ccccc3C2)cc1. The summed E-state index contributed by atoms with van der Waals surface area (Å²) in [5, 5.41) is 2.87. The second-order valence-electron chi connectivity index (χ2n) is 5.61. The predicted octanol–water partition coefficient (Wildman–Crippen LogP) is 3.05. The first-order chi connectivity index (χ1) is 11.7. The molecule has 24 heavy (non-hydrogen) atoms. The molecule has 5 nitrogen and oxygen atoms in total. The van der Waals surface area contributed by atoms with Crippen LogP contribution in [0.2, 0.25) is 0 Å². The van der Waals surface area contributed by atoms with E-state index in [1.165, 1.54) is 0 Å². The maximum atomic E-state index is 12.4. The van der Waals surface area contributed by atoms with Gasteiger partial charge in [0.1, 0.15) is 12.4 Å². The summed E-state index contributed by atoms with van der Waals surface area (Å²) in [4.78, 5) is 24.0. The van der Waals surface area contributed by atoms with Gasteiger partial charge in [-0.15, -0.1) is 0 Å². The number of benzene rings is 2. The number of amides is 1. The van der Waals surface area contributed by atoms with Crippen LogP contribution in [0.4, 0.5) is 5.69 Å². The number of hydrogen-bond acceptors (Lipinski definition) is 4. The Morgan fingerprint density at radius 2 is 1.92 bits per heavy atom. The number of carbonyl (C=O) groups excluding carboxylic acids is 2. The van der Waals surface area contributed by atoms with Gasteiger partial charge in [-0.1, -0.05) is 18.2 Å². The summed E-state index contributed by atoms with van der Waals surface area (Å²) in [5.74, 6) is 0.158. The Bertz CT molecular complexity index is 739. The van der Waals surface area contributed by atoms with Crippen LogP contribution in [0.5, 0.6) is 5.75 Å². The van der Waals surface area contributed by atoms with Crippen LogP contribution in [-0.2, 0) is 16.0 Å². The molecule has 1 atom stereocenters. The van der Waals surface area contributed by atoms with E-state index in [0.717, 1.165) is 11.3 Å². The lowest BCUT2D eigenvalue weighted by Gasteiger charge is -2.24. The van der Waals surface area contributed by atoms with Crippen molar-refractivity contribution in [2.45, 2.75) is 13.3 Å². The van der Waals surface area contributed by atoms with Crippen molar-refractivity contribution >= 4 is 17.6 Å². The van der Waals surface area contributed by atoms with E-state index in [-0.39, 0.29) is 17.8 Å². The van der Waals surface area contributed by atoms with Crippen molar-refractivity contribution in [2.75, 3.05) is 18.5 Å². The predicted molar refractivity (Wildman–Crippen MR) is 90.2 cm³/mol. The molecule has 1 unspecified atom stereocenters. The first kappa shape index (κ1) is 16.1. The van der Waals surface area contributed by atoms with Crippen LogP contribution in [0, 0.1) is 5.92 Å². The molecule has 2 aromatic rings. The van der Waals surface area contributed by atoms with E-state index in [1.54, 1.807) is 31.2 Å². The quantitative estimate of drug-likeness (QED) is 0.878. The molecule has 2 aromatic carbocycles. The van der Waals surface area contributed by atoms with Crippen molar-refractivity contribution in [1.82, 2.24) is 0 Å². The largest absolute Gasteiger partial charge is 0.492 e. The van der Waals surface area contributed by atoms with Gasteiger partial charge in [-0.25, -0.2) is 4.79 Å². The van der Waals surface area contributed by atoms with Crippen molar-refractivity contribution in [3.05, 3.63) is 59.7 Å². The van der Waals surface area contributed by atoms with Crippen LogP contribution in [0.15, 0.2) is 48.5 Å². The van der Waals surface area contributed by atoms with E-state index >= 15 is 0 Å². The fourth-order valence-electron chi connectivity index (χ4n) is 2.64. The van der Waals surface area contributed by atoms with E-state index < -0.39 is 0 Å². The molecule has 124 valence electrons. The van der Waals surface area contributed by atoms with Gasteiger partial charge in [-0.2, -0.15) is 0 Å². The third-order valence-corrected chi connectivity index (χ3v) is 3.91. The zero-order chi connectivity index (χ0) is 16.9. The number of esters is 1. The van der Waals surface area contributed by atoms with Gasteiger partial charge < -0.3 is 14.8 Å². The van der Waals surface area contributed by atoms with E-state index in [2.05, 4.69) is 5.32 Å². The third-order valence-electron chi connectivity index (χ3n) is 3.91. The van der Waals surface area contributed by atoms with Gasteiger partial charge in [0.15, 0.2) is 0 Å². The second kappa shape index (κ2) is 7.17. The summed E-state index contributed by atoms with van der Waals surface area (Å²) >= 11 is 0. The number of hydrogen-bond donors (Lipinski definition) is 1. The molecule has 0 aromatic heterocycles. The lowest BCUT2D eigenvalue weighted by Crippen LogP contribution is -2.32. The molecule has 1 heterocycles. The topological polar surface area (TPSA) is 64.6 Å². The summed E-state index contributed by atoms with van der Waals surface area (Å²) in [7, 11) is 0. The van der Waals surface area contributed by atoms with Gasteiger partial charge >= 0.3 is 5.97 Å². The third kappa shape index (κ3) is 3.56. The lowest BCUT2D eigenvalue weighted by atomic mass is 9.96. The van der Waals surface area contributed by atoms with Gasteiger partial charge in [0, 0.05) is 5.69 Å². The summed E-state index contributed by atoms with van der Waals surface area (Å²) in [6, 6.07) is 14.4. The Morgan fingerprint density at radius 1 is 1.17 bits per heavy atom. The second-order valence-corrected chi connectivity index (χ2v) is 5.61. The van der Waals surface area contributed by atoms with E-state index in [9.17, 15) is 9.59 Å². The first-order valence-electron chi connectivity index (χ1n) is 7.96. The molecule has 0 radical (unpaired) electrons. The van der Waals surface area contributed by atoms with E-state index in [4.69, 9.17) is 9.47 Å². The molecule has 1 amide bonds. The van der Waals surface area contributed by atoms with Crippen LogP contribution >= 0.6 is 0 Å². The Balaban J connectivity index is 1.62. The van der Waals surface area contributed by atoms with Crippen molar-refractivity contribution < 1.29 is 19.1 Å². The van der Waals surface area contributed by atoms with Crippen LogP contribution in [0.3, 0.4) is 0 Å². The fourth-order valence-corrected chi connectivity index (χ4v) is 2.64. The van der Waals surface area contributed by atoms with Gasteiger partial charge in [0.05, 0.1) is 18.1 Å². The van der Waals surface area contributed by atoms with Crippen molar-refractivity contribution in [1.29, 1.82) is 0 Å². The summed E-state index contributed by atoms with van der Waals surface area (Å²) in [6.07, 6.45) is 0.656. The molecule has 0 spiro atoms. The lowest BCUT2D eigenvalue weighted by molar-refractivity contribution is -0.121. The van der Waals surface area contributed by atoms with Crippen molar-refractivity contribution in [2.24, 2.45) is 5.92 Å². The van der Waals surface area contributed by atoms with Crippen molar-refractivity contribution in [3.63, 3.8) is 0 Å². The molecule has 1 aliphatic heterocycles. The molecule has 3 rings (SSSR count). The first-order valence-corrected chi connectivity index (χ1v) is 7.96. The number of para-hydroxylation sites is 1. The van der Waals surface area contributed by atoms with Crippen LogP contribution < -0.4 is 10.1 Å². The molecule has 1 aliphatic rings. The number of fused-ring (bicyclic) bond motifs is 1. The monoisotopic (exact) mass is 325 g/mol. The standard InChI is InChI=1S/C19H19NO4/c1-2-23-19(22)13-7-9-16(10-8-13)20-18(21)15-11-14-5-3-4-6-17(14)24-12-15/h3-10,15H,2,11-12H2,1H3,(H,20,21). The van der Waals surface area contributed by atoms with Gasteiger partial charge in [-0.3, -0.25) is 4.79 Å². The Morgan fingerprint density at radius 3 is 2.67 bits per heavy atom. The average molecular weight is 325 g/mol. The molecule has 0 saturated heterocycles. The summed E-state index contributed by atoms with van der Waals surface area (Å²) in [5.41, 5.74) is 2.15. The van der Waals surface area contributed by atoms with E-state index in [0.29, 0.717) is 30.9 Å². The zero-order valence-electron chi connectivity index (χ0n) is 13.5. The molecule has 0 fully saturated rings. The van der Waals surface area contributed by atoms with Gasteiger partial charge in [0.2, 0.25) is 5.91 Å². The Hall–Kier alpha value is -2.82. The Labute approximate surface area is 140 Å². The molecule has 5 heteroatoms. The van der Waals surface area contributed by atoms with Gasteiger partial charge in [0.25, 0.3) is 0 Å². The Kier molecular flexibility index (Phi) is 4.79. The van der Waals surface area contributed by atoms with Gasteiger partial charge in [-0.05, 0) is 49.2 Å². The van der Waals surface area contributed by atoms with Crippen LogP contribution in [0.25, 0.3) is 0 Å². The highest BCUT2D eigenvalue weighted by Crippen LogP contribution is 2.27. The molecule has 0 bridgehead atoms. The molecule has 1 N–H and O–H groups in total. The highest BCUT2D eigenvalue weighted by atomic mass is 16.5. The smallest absolute Gasteiger partial charge is 0.338 e. The van der Waals surface area contributed by atoms with E-state index in [1.807, 2.05) is 24.3 Å². The highest BCUT2D eigenvalue weighted by molar-refractivity contribution is 5.94. The summed E-state index contributed by atoms with van der Waals surface area (Å²) in [6.45, 7) is 2.46. The minimum absolute atomic E-state index is 0.0895. The summed E-state index contributed by atoms with van der Waals surface area (Å²) < 4.78 is 10.6. The molecular formula is C19H19NO4. The maximum Gasteiger partial charge on any atom is 0.338 e. The number of nitrogens with one attached hydrogen (secondary N) is 1. The molecule has 0 aliphatic carbocycles. The highest BCUT2D eigenvalue weighted by Gasteiger charge is 2.25. The number of rotatable bonds is 4. The maximum absolute atomic E-state index is 12.4. The fraction of sp³-hybridized carbons (Fsp3) is 0.263. The molecule has 0 saturated carbocycles. The number of carbonyl (C=O) groups is 2.